The van der Waals surface area contributed by atoms with Gasteiger partial charge in [-0.1, -0.05) is 45.2 Å². The third kappa shape index (κ3) is 4.47. The Hall–Kier alpha value is -2.29. The van der Waals surface area contributed by atoms with Gasteiger partial charge < -0.3 is 9.84 Å². The number of hydrogen-bond donors (Lipinski definition) is 1. The number of allylic oxidation sites excluding steroid dienone is 3. The number of benzene rings is 1. The van der Waals surface area contributed by atoms with Gasteiger partial charge in [0.15, 0.2) is 0 Å². The maximum absolute atomic E-state index is 10.7. The molecule has 0 aliphatic rings. The lowest BCUT2D eigenvalue weighted by Crippen LogP contribution is -1.96. The average Bonchev–Trinajstić information content (AvgIpc) is 2.47. The van der Waals surface area contributed by atoms with Gasteiger partial charge in [-0.15, -0.1) is 0 Å². The van der Waals surface area contributed by atoms with Crippen LogP contribution in [0.5, 0.6) is 0 Å². The minimum absolute atomic E-state index is 0.245. The zero-order valence-electron chi connectivity index (χ0n) is 11.6. The number of carboxylic acid groups (broad SMARTS) is 1. The summed E-state index contributed by atoms with van der Waals surface area (Å²) in [5.74, 6) is -0.348. The lowest BCUT2D eigenvalue weighted by atomic mass is 10.0. The van der Waals surface area contributed by atoms with Crippen LogP contribution in [0.1, 0.15) is 29.8 Å². The molecular weight excluding hydrogens is 240 g/mol. The quantitative estimate of drug-likeness (QED) is 0.639. The van der Waals surface area contributed by atoms with Crippen LogP contribution in [0.15, 0.2) is 55.3 Å². The molecule has 0 heterocycles. The highest BCUT2D eigenvalue weighted by Gasteiger charge is 2.06. The molecule has 0 aliphatic heterocycles. The molecule has 3 nitrogen and oxygen atoms in total. The van der Waals surface area contributed by atoms with Gasteiger partial charge in [0.2, 0.25) is 0 Å². The predicted molar refractivity (Wildman–Crippen MR) is 79.1 cm³/mol. The molecule has 1 aromatic rings. The van der Waals surface area contributed by atoms with Crippen molar-refractivity contribution in [2.45, 2.75) is 13.8 Å². The molecule has 1 aromatic carbocycles. The van der Waals surface area contributed by atoms with Crippen LogP contribution in [0.4, 0.5) is 0 Å². The molecule has 0 atom stereocenters. The Labute approximate surface area is 114 Å². The summed E-state index contributed by atoms with van der Waals surface area (Å²) in [6.07, 6.45) is 3.23. The number of carbonyl (C=O) groups is 1. The van der Waals surface area contributed by atoms with E-state index in [1.807, 2.05) is 13.8 Å². The van der Waals surface area contributed by atoms with Crippen molar-refractivity contribution < 1.29 is 14.6 Å². The monoisotopic (exact) mass is 260 g/mol. The maximum Gasteiger partial charge on any atom is 0.335 e. The number of hydrogen-bond acceptors (Lipinski definition) is 2. The van der Waals surface area contributed by atoms with Gasteiger partial charge >= 0.3 is 5.97 Å². The highest BCUT2D eigenvalue weighted by molar-refractivity contribution is 5.88. The molecule has 0 bridgehead atoms. The molecule has 102 valence electrons. The van der Waals surface area contributed by atoms with Gasteiger partial charge in [-0.3, -0.25) is 0 Å². The first-order chi connectivity index (χ1) is 9.13. The largest absolute Gasteiger partial charge is 0.496 e. The molecule has 3 heteroatoms. The zero-order chi connectivity index (χ0) is 14.8. The van der Waals surface area contributed by atoms with Gasteiger partial charge in [0.25, 0.3) is 0 Å². The molecule has 0 unspecified atom stereocenters. The van der Waals surface area contributed by atoms with Crippen LogP contribution in [0, 0.1) is 0 Å². The number of methoxy groups -OCH3 is 1. The topological polar surface area (TPSA) is 46.5 Å². The van der Waals surface area contributed by atoms with Crippen molar-refractivity contribution in [3.63, 3.8) is 0 Å². The van der Waals surface area contributed by atoms with E-state index in [4.69, 9.17) is 9.84 Å². The Morgan fingerprint density at radius 3 is 1.89 bits per heavy atom. The van der Waals surface area contributed by atoms with E-state index in [0.717, 1.165) is 11.1 Å². The fourth-order valence-electron chi connectivity index (χ4n) is 1.46. The lowest BCUT2D eigenvalue weighted by Gasteiger charge is -2.08. The minimum atomic E-state index is -0.948. The molecular formula is C16H20O3. The van der Waals surface area contributed by atoms with Crippen LogP contribution >= 0.6 is 0 Å². The Bertz CT molecular complexity index is 467. The van der Waals surface area contributed by atoms with Crippen molar-refractivity contribution in [3.8, 4) is 0 Å². The first-order valence-corrected chi connectivity index (χ1v) is 6.01. The van der Waals surface area contributed by atoms with Crippen molar-refractivity contribution in [2.24, 2.45) is 0 Å². The standard InChI is InChI=1S/C14H14O3.C2H6/c1-4-12(13(5-2)17-3)10-6-8-11(9-7-10)14(15)16;1-2/h4-9H,1-2H2,3H3,(H,15,16);1-2H3/b13-12-;. The van der Waals surface area contributed by atoms with Crippen LogP contribution in [-0.2, 0) is 4.74 Å². The molecule has 1 N–H and O–H groups in total. The van der Waals surface area contributed by atoms with Crippen LogP contribution in [0.2, 0.25) is 0 Å². The van der Waals surface area contributed by atoms with Gasteiger partial charge in [0.1, 0.15) is 5.76 Å². The van der Waals surface area contributed by atoms with E-state index in [2.05, 4.69) is 13.2 Å². The normalized spacial score (nSPS) is 10.5. The summed E-state index contributed by atoms with van der Waals surface area (Å²) in [5, 5.41) is 8.80. The molecule has 0 aliphatic carbocycles. The van der Waals surface area contributed by atoms with Gasteiger partial charge in [-0.05, 0) is 23.8 Å². The van der Waals surface area contributed by atoms with Gasteiger partial charge in [0, 0.05) is 5.57 Å². The van der Waals surface area contributed by atoms with E-state index in [1.165, 1.54) is 12.1 Å². The SMILES string of the molecule is C=C/C(OC)=C(\C=C)c1ccc(C(=O)O)cc1.CC. The summed E-state index contributed by atoms with van der Waals surface area (Å²) in [6, 6.07) is 6.50. The summed E-state index contributed by atoms with van der Waals surface area (Å²) in [4.78, 5) is 10.7. The zero-order valence-corrected chi connectivity index (χ0v) is 11.6. The number of carboxylic acids is 1. The van der Waals surface area contributed by atoms with Gasteiger partial charge in [-0.2, -0.15) is 0 Å². The molecule has 19 heavy (non-hydrogen) atoms. The minimum Gasteiger partial charge on any atom is -0.496 e. The second kappa shape index (κ2) is 8.75. The average molecular weight is 260 g/mol. The van der Waals surface area contributed by atoms with Gasteiger partial charge in [-0.25, -0.2) is 4.79 Å². The van der Waals surface area contributed by atoms with E-state index in [9.17, 15) is 4.79 Å². The van der Waals surface area contributed by atoms with E-state index < -0.39 is 5.97 Å². The lowest BCUT2D eigenvalue weighted by molar-refractivity contribution is 0.0697. The smallest absolute Gasteiger partial charge is 0.335 e. The molecule has 1 rings (SSSR count). The molecule has 0 fully saturated rings. The highest BCUT2D eigenvalue weighted by Crippen LogP contribution is 2.21. The molecule has 0 saturated carbocycles. The fourth-order valence-corrected chi connectivity index (χ4v) is 1.46. The number of aromatic carboxylic acids is 1. The third-order valence-electron chi connectivity index (χ3n) is 2.32. The second-order valence-electron chi connectivity index (χ2n) is 3.27. The van der Waals surface area contributed by atoms with E-state index in [1.54, 1.807) is 31.4 Å². The summed E-state index contributed by atoms with van der Waals surface area (Å²) in [5.41, 5.74) is 1.86. The molecule has 0 saturated heterocycles. The van der Waals surface area contributed by atoms with Crippen molar-refractivity contribution in [3.05, 3.63) is 66.5 Å². The summed E-state index contributed by atoms with van der Waals surface area (Å²) < 4.78 is 5.16. The summed E-state index contributed by atoms with van der Waals surface area (Å²) in [6.45, 7) is 11.4. The first-order valence-electron chi connectivity index (χ1n) is 6.01. The van der Waals surface area contributed by atoms with E-state index in [0.29, 0.717) is 5.76 Å². The molecule has 0 spiro atoms. The summed E-state index contributed by atoms with van der Waals surface area (Å²) in [7, 11) is 1.55. The van der Waals surface area contributed by atoms with Crippen molar-refractivity contribution >= 4 is 11.5 Å². The van der Waals surface area contributed by atoms with Crippen LogP contribution < -0.4 is 0 Å². The Morgan fingerprint density at radius 2 is 1.58 bits per heavy atom. The summed E-state index contributed by atoms with van der Waals surface area (Å²) >= 11 is 0. The van der Waals surface area contributed by atoms with Gasteiger partial charge in [0.05, 0.1) is 12.7 Å². The van der Waals surface area contributed by atoms with Crippen molar-refractivity contribution in [1.29, 1.82) is 0 Å². The second-order valence-corrected chi connectivity index (χ2v) is 3.27. The number of rotatable bonds is 5. The predicted octanol–water partition coefficient (Wildman–Crippen LogP) is 4.14. The van der Waals surface area contributed by atoms with Crippen molar-refractivity contribution in [2.75, 3.05) is 7.11 Å². The maximum atomic E-state index is 10.7. The fraction of sp³-hybridized carbons (Fsp3) is 0.188. The Morgan fingerprint density at radius 1 is 1.11 bits per heavy atom. The van der Waals surface area contributed by atoms with E-state index >= 15 is 0 Å². The molecule has 0 radical (unpaired) electrons. The first kappa shape index (κ1) is 16.7. The van der Waals surface area contributed by atoms with Crippen LogP contribution in [0.3, 0.4) is 0 Å². The Balaban J connectivity index is 0.00000154. The van der Waals surface area contributed by atoms with Crippen LogP contribution in [-0.4, -0.2) is 18.2 Å². The molecule has 0 amide bonds. The number of ether oxygens (including phenoxy) is 1. The third-order valence-corrected chi connectivity index (χ3v) is 2.32. The van der Waals surface area contributed by atoms with Crippen LogP contribution in [0.25, 0.3) is 5.57 Å². The Kier molecular flexibility index (Phi) is 7.70. The van der Waals surface area contributed by atoms with Crippen molar-refractivity contribution in [1.82, 2.24) is 0 Å². The highest BCUT2D eigenvalue weighted by atomic mass is 16.5. The van der Waals surface area contributed by atoms with E-state index in [-0.39, 0.29) is 5.56 Å². The molecule has 0 aromatic heterocycles.